The summed E-state index contributed by atoms with van der Waals surface area (Å²) in [7, 11) is 0.227. The summed E-state index contributed by atoms with van der Waals surface area (Å²) in [6.45, 7) is 0.502. The molecule has 1 unspecified atom stereocenters. The van der Waals surface area contributed by atoms with Gasteiger partial charge in [0.25, 0.3) is 0 Å². The van der Waals surface area contributed by atoms with Gasteiger partial charge in [-0.25, -0.2) is 0 Å². The van der Waals surface area contributed by atoms with Crippen molar-refractivity contribution in [2.24, 2.45) is 5.92 Å². The van der Waals surface area contributed by atoms with Gasteiger partial charge >= 0.3 is 13.1 Å². The van der Waals surface area contributed by atoms with Crippen LogP contribution in [0.2, 0.25) is 0 Å². The predicted octanol–water partition coefficient (Wildman–Crippen LogP) is -1.56. The molecule has 0 aromatic heterocycles. The lowest BCUT2D eigenvalue weighted by Crippen LogP contribution is -2.30. The van der Waals surface area contributed by atoms with Gasteiger partial charge in [0.05, 0.1) is 6.54 Å². The zero-order valence-electron chi connectivity index (χ0n) is 8.83. The number of rotatable bonds is 4. The summed E-state index contributed by atoms with van der Waals surface area (Å²) in [4.78, 5) is 34.4. The maximum Gasteiger partial charge on any atom is 0.554 e. The minimum Gasteiger partial charge on any atom is -0.506 e. The summed E-state index contributed by atoms with van der Waals surface area (Å²) in [5.41, 5.74) is 0. The van der Waals surface area contributed by atoms with Gasteiger partial charge in [-0.15, -0.1) is 0 Å². The average molecular weight is 225 g/mol. The van der Waals surface area contributed by atoms with Crippen molar-refractivity contribution in [3.63, 3.8) is 0 Å². The first-order chi connectivity index (χ1) is 7.54. The molecule has 0 radical (unpaired) electrons. The molecular weight excluding hydrogens is 213 g/mol. The Bertz CT molecular complexity index is 330. The van der Waals surface area contributed by atoms with E-state index in [-0.39, 0.29) is 12.3 Å². The second-order valence-electron chi connectivity index (χ2n) is 3.56. The predicted molar refractivity (Wildman–Crippen MR) is 55.3 cm³/mol. The Balaban J connectivity index is 2.49. The Morgan fingerprint density at radius 2 is 2.38 bits per heavy atom. The number of ketones is 1. The van der Waals surface area contributed by atoms with Gasteiger partial charge < -0.3 is 9.68 Å². The lowest BCUT2D eigenvalue weighted by molar-refractivity contribution is -0.143. The molecule has 1 aliphatic rings. The number of aldehydes is 1. The van der Waals surface area contributed by atoms with Crippen LogP contribution >= 0.6 is 0 Å². The van der Waals surface area contributed by atoms with Crippen LogP contribution in [0, 0.1) is 5.92 Å². The van der Waals surface area contributed by atoms with Gasteiger partial charge in [0.1, 0.15) is 12.2 Å². The lowest BCUT2D eigenvalue weighted by atomic mass is 9.90. The number of likely N-dealkylation sites (N-methyl/N-ethyl adjacent to an activating group) is 1. The van der Waals surface area contributed by atoms with E-state index in [1.807, 2.05) is 0 Å². The van der Waals surface area contributed by atoms with Crippen molar-refractivity contribution in [2.75, 3.05) is 20.1 Å². The molecule has 1 fully saturated rings. The molecule has 0 saturated carbocycles. The van der Waals surface area contributed by atoms with Gasteiger partial charge in [0.2, 0.25) is 0 Å². The first-order valence-corrected chi connectivity index (χ1v) is 4.76. The number of allylic oxidation sites excluding steroid dienone is 1. The van der Waals surface area contributed by atoms with Gasteiger partial charge in [0, 0.05) is 6.54 Å². The summed E-state index contributed by atoms with van der Waals surface area (Å²) >= 11 is 0. The number of hydrogen-bond donors (Lipinski definition) is 1. The van der Waals surface area contributed by atoms with E-state index in [2.05, 4.69) is 4.65 Å². The molecule has 0 aromatic carbocycles. The van der Waals surface area contributed by atoms with Gasteiger partial charge in [-0.1, -0.05) is 0 Å². The molecule has 1 saturated heterocycles. The van der Waals surface area contributed by atoms with Gasteiger partial charge in [-0.05, 0) is 19.1 Å². The fourth-order valence-corrected chi connectivity index (χ4v) is 1.44. The third-order valence-electron chi connectivity index (χ3n) is 2.18. The molecular formula is C9H12BNO5. The van der Waals surface area contributed by atoms with Crippen molar-refractivity contribution >= 4 is 25.2 Å². The van der Waals surface area contributed by atoms with E-state index in [9.17, 15) is 14.4 Å². The molecule has 86 valence electrons. The summed E-state index contributed by atoms with van der Waals surface area (Å²) in [5.74, 6) is -0.811. The first-order valence-electron chi connectivity index (χ1n) is 4.76. The largest absolute Gasteiger partial charge is 0.554 e. The van der Waals surface area contributed by atoms with E-state index in [1.165, 1.54) is 0 Å². The topological polar surface area (TPSA) is 83.9 Å². The standard InChI is InChI=1S/C9H12BNO5/c1-11-5-7(8(13)6-11)9(14)16-10(15)3-2-4-12/h2-4,7,15H,5-6H2,1H3/b3-2+. The maximum atomic E-state index is 11.4. The summed E-state index contributed by atoms with van der Waals surface area (Å²) in [5, 5.41) is 9.15. The van der Waals surface area contributed by atoms with Crippen LogP contribution in [0.25, 0.3) is 0 Å². The average Bonchev–Trinajstić information content (AvgIpc) is 2.54. The van der Waals surface area contributed by atoms with E-state index < -0.39 is 19.0 Å². The molecule has 7 heteroatoms. The number of carbonyl (C=O) groups excluding carboxylic acids is 3. The monoisotopic (exact) mass is 225 g/mol. The summed E-state index contributed by atoms with van der Waals surface area (Å²) < 4.78 is 4.58. The van der Waals surface area contributed by atoms with Crippen molar-refractivity contribution in [3.05, 3.63) is 12.1 Å². The zero-order chi connectivity index (χ0) is 12.1. The Labute approximate surface area is 93.0 Å². The van der Waals surface area contributed by atoms with E-state index in [1.54, 1.807) is 11.9 Å². The minimum atomic E-state index is -1.49. The highest BCUT2D eigenvalue weighted by Gasteiger charge is 2.36. The molecule has 0 amide bonds. The van der Waals surface area contributed by atoms with Crippen LogP contribution in [0.4, 0.5) is 0 Å². The highest BCUT2D eigenvalue weighted by molar-refractivity contribution is 6.51. The number of hydrogen-bond acceptors (Lipinski definition) is 6. The van der Waals surface area contributed by atoms with Crippen LogP contribution < -0.4 is 0 Å². The number of likely N-dealkylation sites (tertiary alicyclic amines) is 1. The van der Waals surface area contributed by atoms with Crippen molar-refractivity contribution in [1.29, 1.82) is 0 Å². The van der Waals surface area contributed by atoms with Crippen LogP contribution in [0.3, 0.4) is 0 Å². The quantitative estimate of drug-likeness (QED) is 0.269. The lowest BCUT2D eigenvalue weighted by Gasteiger charge is -2.09. The van der Waals surface area contributed by atoms with Gasteiger partial charge in [0.15, 0.2) is 5.78 Å². The van der Waals surface area contributed by atoms with E-state index >= 15 is 0 Å². The SMILES string of the molecule is CN1CC(=O)C(C(=O)OB(O)/C=C/C=O)C1. The summed E-state index contributed by atoms with van der Waals surface area (Å²) in [6, 6.07) is 0. The van der Waals surface area contributed by atoms with Crippen LogP contribution in [0.5, 0.6) is 0 Å². The van der Waals surface area contributed by atoms with E-state index in [0.717, 1.165) is 12.1 Å². The number of nitrogens with zero attached hydrogens (tertiary/aromatic N) is 1. The Kier molecular flexibility index (Phi) is 4.39. The Morgan fingerprint density at radius 3 is 2.88 bits per heavy atom. The highest BCUT2D eigenvalue weighted by atomic mass is 16.6. The van der Waals surface area contributed by atoms with Gasteiger partial charge in [-0.2, -0.15) is 0 Å². The summed E-state index contributed by atoms with van der Waals surface area (Å²) in [6.07, 6.45) is 1.46. The zero-order valence-corrected chi connectivity index (χ0v) is 8.83. The first kappa shape index (κ1) is 12.6. The molecule has 16 heavy (non-hydrogen) atoms. The van der Waals surface area contributed by atoms with Crippen LogP contribution in [0.1, 0.15) is 0 Å². The molecule has 1 heterocycles. The molecule has 6 nitrogen and oxygen atoms in total. The normalized spacial score (nSPS) is 21.4. The molecule has 1 N–H and O–H groups in total. The molecule has 0 bridgehead atoms. The Morgan fingerprint density at radius 1 is 1.69 bits per heavy atom. The minimum absolute atomic E-state index is 0.208. The fourth-order valence-electron chi connectivity index (χ4n) is 1.44. The number of Topliss-reactive ketones (excluding diaryl/α,β-unsaturated/α-hetero) is 1. The maximum absolute atomic E-state index is 11.4. The smallest absolute Gasteiger partial charge is 0.506 e. The second-order valence-corrected chi connectivity index (χ2v) is 3.56. The molecule has 1 aliphatic heterocycles. The fraction of sp³-hybridized carbons (Fsp3) is 0.444. The van der Waals surface area contributed by atoms with Gasteiger partial charge in [-0.3, -0.25) is 19.3 Å². The molecule has 1 atom stereocenters. The van der Waals surface area contributed by atoms with Crippen molar-refractivity contribution in [3.8, 4) is 0 Å². The Hall–Kier alpha value is -1.47. The molecule has 1 rings (SSSR count). The third-order valence-corrected chi connectivity index (χ3v) is 2.18. The van der Waals surface area contributed by atoms with E-state index in [0.29, 0.717) is 12.8 Å². The van der Waals surface area contributed by atoms with Crippen molar-refractivity contribution in [2.45, 2.75) is 0 Å². The molecule has 0 aromatic rings. The molecule has 0 spiro atoms. The second kappa shape index (κ2) is 5.57. The molecule has 0 aliphatic carbocycles. The highest BCUT2D eigenvalue weighted by Crippen LogP contribution is 2.12. The van der Waals surface area contributed by atoms with Crippen LogP contribution in [0.15, 0.2) is 12.1 Å². The van der Waals surface area contributed by atoms with Crippen molar-refractivity contribution < 1.29 is 24.1 Å². The van der Waals surface area contributed by atoms with Crippen LogP contribution in [-0.2, 0) is 19.0 Å². The van der Waals surface area contributed by atoms with E-state index in [4.69, 9.17) is 5.02 Å². The van der Waals surface area contributed by atoms with Crippen LogP contribution in [-0.4, -0.2) is 55.2 Å². The van der Waals surface area contributed by atoms with Crippen molar-refractivity contribution in [1.82, 2.24) is 4.90 Å². The number of carbonyl (C=O) groups is 3. The third kappa shape index (κ3) is 3.28.